The predicted octanol–water partition coefficient (Wildman–Crippen LogP) is 5.28. The number of anilines is 2. The standard InChI is InChI=1S/C19H18ClN3OS/c1-12-10-15(8-9-16(12)20)23-18(24)17-13(2)22-19(25-17)21-11-14-6-4-3-5-7-14/h3-10H,11H2,1-2H3,(H,21,22)(H,23,24). The molecule has 3 rings (SSSR count). The third kappa shape index (κ3) is 4.38. The molecule has 0 aliphatic carbocycles. The summed E-state index contributed by atoms with van der Waals surface area (Å²) in [5.41, 5.74) is 3.52. The van der Waals surface area contributed by atoms with Gasteiger partial charge in [0.05, 0.1) is 5.69 Å². The fourth-order valence-corrected chi connectivity index (χ4v) is 3.34. The van der Waals surface area contributed by atoms with Crippen molar-refractivity contribution in [3.05, 3.63) is 75.3 Å². The molecule has 0 saturated carbocycles. The maximum Gasteiger partial charge on any atom is 0.267 e. The molecule has 1 amide bonds. The van der Waals surface area contributed by atoms with E-state index >= 15 is 0 Å². The van der Waals surface area contributed by atoms with Crippen LogP contribution in [0.2, 0.25) is 5.02 Å². The highest BCUT2D eigenvalue weighted by molar-refractivity contribution is 7.17. The van der Waals surface area contributed by atoms with Crippen LogP contribution in [0.4, 0.5) is 10.8 Å². The first-order valence-corrected chi connectivity index (χ1v) is 9.05. The molecule has 1 heterocycles. The molecule has 0 atom stereocenters. The van der Waals surface area contributed by atoms with E-state index in [1.54, 1.807) is 12.1 Å². The third-order valence-corrected chi connectivity index (χ3v) is 5.24. The molecule has 0 unspecified atom stereocenters. The zero-order chi connectivity index (χ0) is 17.8. The summed E-state index contributed by atoms with van der Waals surface area (Å²) in [7, 11) is 0. The Morgan fingerprint density at radius 3 is 2.64 bits per heavy atom. The molecule has 25 heavy (non-hydrogen) atoms. The average Bonchev–Trinajstić information content (AvgIpc) is 2.98. The van der Waals surface area contributed by atoms with E-state index < -0.39 is 0 Å². The molecule has 0 bridgehead atoms. The van der Waals surface area contributed by atoms with Gasteiger partial charge in [0.25, 0.3) is 5.91 Å². The minimum absolute atomic E-state index is 0.163. The number of thiazole rings is 1. The number of nitrogens with zero attached hydrogens (tertiary/aromatic N) is 1. The van der Waals surface area contributed by atoms with Gasteiger partial charge in [0.2, 0.25) is 0 Å². The van der Waals surface area contributed by atoms with Crippen molar-refractivity contribution >= 4 is 39.7 Å². The fraction of sp³-hybridized carbons (Fsp3) is 0.158. The fourth-order valence-electron chi connectivity index (χ4n) is 2.37. The van der Waals surface area contributed by atoms with E-state index in [0.717, 1.165) is 21.9 Å². The number of benzene rings is 2. The van der Waals surface area contributed by atoms with Gasteiger partial charge in [-0.15, -0.1) is 0 Å². The lowest BCUT2D eigenvalue weighted by Crippen LogP contribution is -2.11. The third-order valence-electron chi connectivity index (χ3n) is 3.71. The van der Waals surface area contributed by atoms with Crippen molar-refractivity contribution in [3.63, 3.8) is 0 Å². The topological polar surface area (TPSA) is 54.0 Å². The smallest absolute Gasteiger partial charge is 0.267 e. The van der Waals surface area contributed by atoms with Crippen LogP contribution in [0.5, 0.6) is 0 Å². The first kappa shape index (κ1) is 17.5. The summed E-state index contributed by atoms with van der Waals surface area (Å²) < 4.78 is 0. The molecule has 0 spiro atoms. The highest BCUT2D eigenvalue weighted by Gasteiger charge is 2.15. The van der Waals surface area contributed by atoms with Gasteiger partial charge in [-0.2, -0.15) is 0 Å². The van der Waals surface area contributed by atoms with Crippen LogP contribution in [0, 0.1) is 13.8 Å². The zero-order valence-electron chi connectivity index (χ0n) is 14.0. The number of halogens is 1. The van der Waals surface area contributed by atoms with Crippen molar-refractivity contribution in [2.24, 2.45) is 0 Å². The number of amides is 1. The van der Waals surface area contributed by atoms with E-state index in [1.807, 2.05) is 50.2 Å². The number of hydrogen-bond donors (Lipinski definition) is 2. The van der Waals surface area contributed by atoms with Crippen LogP contribution >= 0.6 is 22.9 Å². The first-order chi connectivity index (χ1) is 12.0. The van der Waals surface area contributed by atoms with Crippen molar-refractivity contribution in [2.75, 3.05) is 10.6 Å². The van der Waals surface area contributed by atoms with Crippen LogP contribution in [0.3, 0.4) is 0 Å². The number of hydrogen-bond acceptors (Lipinski definition) is 4. The molecule has 2 N–H and O–H groups in total. The van der Waals surface area contributed by atoms with Crippen molar-refractivity contribution in [3.8, 4) is 0 Å². The van der Waals surface area contributed by atoms with Gasteiger partial charge in [0, 0.05) is 17.3 Å². The normalized spacial score (nSPS) is 10.5. The number of carbonyl (C=O) groups excluding carboxylic acids is 1. The van der Waals surface area contributed by atoms with Crippen LogP contribution in [0.1, 0.15) is 26.5 Å². The molecular weight excluding hydrogens is 354 g/mol. The Morgan fingerprint density at radius 1 is 1.16 bits per heavy atom. The van der Waals surface area contributed by atoms with Gasteiger partial charge in [-0.05, 0) is 43.2 Å². The number of aryl methyl sites for hydroxylation is 2. The lowest BCUT2D eigenvalue weighted by molar-refractivity contribution is 0.103. The molecule has 1 aromatic heterocycles. The van der Waals surface area contributed by atoms with E-state index in [9.17, 15) is 4.79 Å². The van der Waals surface area contributed by atoms with E-state index in [-0.39, 0.29) is 5.91 Å². The molecule has 128 valence electrons. The summed E-state index contributed by atoms with van der Waals surface area (Å²) in [6.07, 6.45) is 0. The summed E-state index contributed by atoms with van der Waals surface area (Å²) in [4.78, 5) is 17.6. The first-order valence-electron chi connectivity index (χ1n) is 7.85. The van der Waals surface area contributed by atoms with Crippen molar-refractivity contribution in [2.45, 2.75) is 20.4 Å². The summed E-state index contributed by atoms with van der Waals surface area (Å²) in [6, 6.07) is 15.5. The second kappa shape index (κ2) is 7.68. The SMILES string of the molecule is Cc1cc(NC(=O)c2sc(NCc3ccccc3)nc2C)ccc1Cl. The zero-order valence-corrected chi connectivity index (χ0v) is 15.5. The van der Waals surface area contributed by atoms with Crippen molar-refractivity contribution in [1.29, 1.82) is 0 Å². The molecular formula is C19H18ClN3OS. The van der Waals surface area contributed by atoms with Gasteiger partial charge in [-0.1, -0.05) is 53.3 Å². The molecule has 0 aliphatic heterocycles. The van der Waals surface area contributed by atoms with Crippen LogP contribution in [0.25, 0.3) is 0 Å². The molecule has 0 saturated heterocycles. The van der Waals surface area contributed by atoms with Gasteiger partial charge in [0.15, 0.2) is 5.13 Å². The maximum atomic E-state index is 12.5. The quantitative estimate of drug-likeness (QED) is 0.641. The second-order valence-electron chi connectivity index (χ2n) is 5.69. The Labute approximate surface area is 155 Å². The molecule has 3 aromatic rings. The number of aromatic nitrogens is 1. The van der Waals surface area contributed by atoms with E-state index in [0.29, 0.717) is 22.1 Å². The Balaban J connectivity index is 1.68. The minimum atomic E-state index is -0.163. The summed E-state index contributed by atoms with van der Waals surface area (Å²) in [5.74, 6) is -0.163. The lowest BCUT2D eigenvalue weighted by Gasteiger charge is -2.06. The Hall–Kier alpha value is -2.37. The summed E-state index contributed by atoms with van der Waals surface area (Å²) >= 11 is 7.37. The van der Waals surface area contributed by atoms with Crippen LogP contribution in [-0.2, 0) is 6.54 Å². The van der Waals surface area contributed by atoms with E-state index in [4.69, 9.17) is 11.6 Å². The van der Waals surface area contributed by atoms with Crippen molar-refractivity contribution in [1.82, 2.24) is 4.98 Å². The van der Waals surface area contributed by atoms with Crippen LogP contribution in [-0.4, -0.2) is 10.9 Å². The Kier molecular flexibility index (Phi) is 5.36. The van der Waals surface area contributed by atoms with E-state index in [1.165, 1.54) is 11.3 Å². The highest BCUT2D eigenvalue weighted by Crippen LogP contribution is 2.25. The van der Waals surface area contributed by atoms with Crippen LogP contribution in [0.15, 0.2) is 48.5 Å². The number of nitrogens with one attached hydrogen (secondary N) is 2. The van der Waals surface area contributed by atoms with Gasteiger partial charge < -0.3 is 10.6 Å². The predicted molar refractivity (Wildman–Crippen MR) is 105 cm³/mol. The Morgan fingerprint density at radius 2 is 1.92 bits per heavy atom. The average molecular weight is 372 g/mol. The van der Waals surface area contributed by atoms with Gasteiger partial charge >= 0.3 is 0 Å². The molecule has 0 fully saturated rings. The van der Waals surface area contributed by atoms with Crippen LogP contribution < -0.4 is 10.6 Å². The van der Waals surface area contributed by atoms with Crippen molar-refractivity contribution < 1.29 is 4.79 Å². The molecule has 4 nitrogen and oxygen atoms in total. The summed E-state index contributed by atoms with van der Waals surface area (Å²) in [6.45, 7) is 4.42. The van der Waals surface area contributed by atoms with Gasteiger partial charge in [-0.3, -0.25) is 4.79 Å². The van der Waals surface area contributed by atoms with Gasteiger partial charge in [-0.25, -0.2) is 4.98 Å². The highest BCUT2D eigenvalue weighted by atomic mass is 35.5. The Bertz CT molecular complexity index is 893. The second-order valence-corrected chi connectivity index (χ2v) is 7.10. The molecule has 6 heteroatoms. The molecule has 0 radical (unpaired) electrons. The minimum Gasteiger partial charge on any atom is -0.357 e. The maximum absolute atomic E-state index is 12.5. The lowest BCUT2D eigenvalue weighted by atomic mass is 10.2. The monoisotopic (exact) mass is 371 g/mol. The van der Waals surface area contributed by atoms with E-state index in [2.05, 4.69) is 15.6 Å². The number of rotatable bonds is 5. The number of carbonyl (C=O) groups is 1. The van der Waals surface area contributed by atoms with Gasteiger partial charge in [0.1, 0.15) is 4.88 Å². The largest absolute Gasteiger partial charge is 0.357 e. The summed E-state index contributed by atoms with van der Waals surface area (Å²) in [5, 5.41) is 7.58. The molecule has 0 aliphatic rings. The molecule has 2 aromatic carbocycles.